The molecule has 1 N–H and O–H groups in total. The van der Waals surface area contributed by atoms with Gasteiger partial charge in [0.25, 0.3) is 0 Å². The zero-order valence-electron chi connectivity index (χ0n) is 8.92. The summed E-state index contributed by atoms with van der Waals surface area (Å²) < 4.78 is 2.08. The molecule has 0 fully saturated rings. The summed E-state index contributed by atoms with van der Waals surface area (Å²) in [6.07, 6.45) is 4.65. The van der Waals surface area contributed by atoms with Gasteiger partial charge in [0.2, 0.25) is 0 Å². The van der Waals surface area contributed by atoms with E-state index in [1.54, 1.807) is 13.1 Å². The Labute approximate surface area is 88.3 Å². The normalized spacial score (nSPS) is 21.7. The van der Waals surface area contributed by atoms with Gasteiger partial charge in [-0.05, 0) is 20.4 Å². The van der Waals surface area contributed by atoms with Gasteiger partial charge in [-0.15, -0.1) is 0 Å². The first-order chi connectivity index (χ1) is 7.11. The number of nitrogens with zero attached hydrogens (tertiary/aromatic N) is 3. The number of carboxylic acids is 1. The molecule has 1 aliphatic rings. The van der Waals surface area contributed by atoms with Gasteiger partial charge in [-0.1, -0.05) is 0 Å². The van der Waals surface area contributed by atoms with Crippen molar-refractivity contribution in [2.75, 3.05) is 7.05 Å². The van der Waals surface area contributed by atoms with E-state index in [9.17, 15) is 4.79 Å². The SMILES string of the molecule is CC(C(=O)O)N(C)C1CCn2ccnc21. The number of hydrogen-bond donors (Lipinski definition) is 1. The minimum atomic E-state index is -0.789. The van der Waals surface area contributed by atoms with Crippen LogP contribution in [0, 0.1) is 0 Å². The van der Waals surface area contributed by atoms with Crippen molar-refractivity contribution >= 4 is 5.97 Å². The second-order valence-corrected chi connectivity index (χ2v) is 3.96. The number of aromatic nitrogens is 2. The van der Waals surface area contributed by atoms with Crippen molar-refractivity contribution in [3.63, 3.8) is 0 Å². The highest BCUT2D eigenvalue weighted by atomic mass is 16.4. The fraction of sp³-hybridized carbons (Fsp3) is 0.600. The van der Waals surface area contributed by atoms with E-state index < -0.39 is 12.0 Å². The number of hydrogen-bond acceptors (Lipinski definition) is 3. The van der Waals surface area contributed by atoms with E-state index in [4.69, 9.17) is 5.11 Å². The molecule has 1 aromatic rings. The van der Waals surface area contributed by atoms with Crippen LogP contribution < -0.4 is 0 Å². The summed E-state index contributed by atoms with van der Waals surface area (Å²) in [4.78, 5) is 17.0. The van der Waals surface area contributed by atoms with Gasteiger partial charge < -0.3 is 9.67 Å². The smallest absolute Gasteiger partial charge is 0.320 e. The molecule has 2 heterocycles. The highest BCUT2D eigenvalue weighted by molar-refractivity contribution is 5.72. The summed E-state index contributed by atoms with van der Waals surface area (Å²) in [6, 6.07) is -0.343. The van der Waals surface area contributed by atoms with Crippen molar-refractivity contribution in [3.05, 3.63) is 18.2 Å². The zero-order chi connectivity index (χ0) is 11.0. The molecule has 0 amide bonds. The topological polar surface area (TPSA) is 58.4 Å². The van der Waals surface area contributed by atoms with Crippen LogP contribution in [-0.2, 0) is 11.3 Å². The molecule has 0 spiro atoms. The largest absolute Gasteiger partial charge is 0.480 e. The van der Waals surface area contributed by atoms with Crippen LogP contribution in [-0.4, -0.2) is 38.6 Å². The second-order valence-electron chi connectivity index (χ2n) is 3.96. The van der Waals surface area contributed by atoms with Gasteiger partial charge in [-0.25, -0.2) is 4.98 Å². The summed E-state index contributed by atoms with van der Waals surface area (Å²) in [5, 5.41) is 8.94. The van der Waals surface area contributed by atoms with Gasteiger partial charge in [-0.2, -0.15) is 0 Å². The molecule has 2 rings (SSSR count). The van der Waals surface area contributed by atoms with E-state index in [2.05, 4.69) is 9.55 Å². The van der Waals surface area contributed by atoms with Crippen molar-refractivity contribution in [2.24, 2.45) is 0 Å². The lowest BCUT2D eigenvalue weighted by molar-refractivity contribution is -0.143. The van der Waals surface area contributed by atoms with E-state index in [1.165, 1.54) is 0 Å². The number of rotatable bonds is 3. The lowest BCUT2D eigenvalue weighted by Gasteiger charge is -2.26. The summed E-state index contributed by atoms with van der Waals surface area (Å²) in [5.74, 6) is 0.188. The lowest BCUT2D eigenvalue weighted by atomic mass is 10.1. The first-order valence-corrected chi connectivity index (χ1v) is 5.07. The number of imidazole rings is 1. The Balaban J connectivity index is 2.17. The van der Waals surface area contributed by atoms with E-state index in [0.717, 1.165) is 18.8 Å². The zero-order valence-corrected chi connectivity index (χ0v) is 8.92. The third-order valence-corrected chi connectivity index (χ3v) is 3.15. The third kappa shape index (κ3) is 1.63. The van der Waals surface area contributed by atoms with E-state index in [1.807, 2.05) is 18.1 Å². The Morgan fingerprint density at radius 2 is 2.53 bits per heavy atom. The Bertz CT molecular complexity index is 374. The molecule has 2 unspecified atom stereocenters. The minimum Gasteiger partial charge on any atom is -0.480 e. The molecule has 0 aromatic carbocycles. The molecule has 0 radical (unpaired) electrons. The quantitative estimate of drug-likeness (QED) is 0.797. The molecule has 5 nitrogen and oxygen atoms in total. The van der Waals surface area contributed by atoms with Crippen LogP contribution in [0.1, 0.15) is 25.2 Å². The van der Waals surface area contributed by atoms with Gasteiger partial charge in [0.05, 0.1) is 6.04 Å². The van der Waals surface area contributed by atoms with E-state index >= 15 is 0 Å². The lowest BCUT2D eigenvalue weighted by Crippen LogP contribution is -2.38. The van der Waals surface area contributed by atoms with Crippen molar-refractivity contribution in [2.45, 2.75) is 32.0 Å². The molecular formula is C10H15N3O2. The van der Waals surface area contributed by atoms with Crippen LogP contribution in [0.5, 0.6) is 0 Å². The number of fused-ring (bicyclic) bond motifs is 1. The van der Waals surface area contributed by atoms with Crippen LogP contribution in [0.25, 0.3) is 0 Å². The summed E-state index contributed by atoms with van der Waals surface area (Å²) in [5.41, 5.74) is 0. The molecular weight excluding hydrogens is 194 g/mol. The van der Waals surface area contributed by atoms with Crippen LogP contribution in [0.2, 0.25) is 0 Å². The fourth-order valence-corrected chi connectivity index (χ4v) is 2.03. The summed E-state index contributed by atoms with van der Waals surface area (Å²) >= 11 is 0. The third-order valence-electron chi connectivity index (χ3n) is 3.15. The maximum absolute atomic E-state index is 10.9. The van der Waals surface area contributed by atoms with Crippen LogP contribution in [0.15, 0.2) is 12.4 Å². The number of likely N-dealkylation sites (N-methyl/N-ethyl adjacent to an activating group) is 1. The first kappa shape index (κ1) is 10.2. The molecule has 1 aliphatic heterocycles. The van der Waals surface area contributed by atoms with Crippen molar-refractivity contribution < 1.29 is 9.90 Å². The number of aliphatic carboxylic acids is 1. The molecule has 0 saturated carbocycles. The van der Waals surface area contributed by atoms with Crippen LogP contribution >= 0.6 is 0 Å². The predicted molar refractivity (Wildman–Crippen MR) is 54.4 cm³/mol. The van der Waals surface area contributed by atoms with Crippen molar-refractivity contribution in [1.82, 2.24) is 14.5 Å². The van der Waals surface area contributed by atoms with E-state index in [-0.39, 0.29) is 6.04 Å². The predicted octanol–water partition coefficient (Wildman–Crippen LogP) is 0.733. The highest BCUT2D eigenvalue weighted by Gasteiger charge is 2.31. The maximum atomic E-state index is 10.9. The highest BCUT2D eigenvalue weighted by Crippen LogP contribution is 2.29. The number of carboxylic acid groups (broad SMARTS) is 1. The molecule has 1 aromatic heterocycles. The average molecular weight is 209 g/mol. The Morgan fingerprint density at radius 3 is 3.20 bits per heavy atom. The van der Waals surface area contributed by atoms with Crippen molar-refractivity contribution in [3.8, 4) is 0 Å². The molecule has 2 atom stereocenters. The molecule has 0 saturated heterocycles. The van der Waals surface area contributed by atoms with Gasteiger partial charge in [0.1, 0.15) is 11.9 Å². The van der Waals surface area contributed by atoms with Gasteiger partial charge in [-0.3, -0.25) is 9.69 Å². The van der Waals surface area contributed by atoms with Crippen LogP contribution in [0.3, 0.4) is 0 Å². The van der Waals surface area contributed by atoms with Crippen LogP contribution in [0.4, 0.5) is 0 Å². The molecule has 0 bridgehead atoms. The second kappa shape index (κ2) is 3.66. The average Bonchev–Trinajstić information content (AvgIpc) is 2.75. The molecule has 0 aliphatic carbocycles. The Kier molecular flexibility index (Phi) is 2.48. The summed E-state index contributed by atoms with van der Waals surface area (Å²) in [7, 11) is 1.84. The Morgan fingerprint density at radius 1 is 1.80 bits per heavy atom. The number of carbonyl (C=O) groups is 1. The van der Waals surface area contributed by atoms with E-state index in [0.29, 0.717) is 0 Å². The first-order valence-electron chi connectivity index (χ1n) is 5.07. The maximum Gasteiger partial charge on any atom is 0.320 e. The van der Waals surface area contributed by atoms with Gasteiger partial charge >= 0.3 is 5.97 Å². The number of aryl methyl sites for hydroxylation is 1. The monoisotopic (exact) mass is 209 g/mol. The van der Waals surface area contributed by atoms with Gasteiger partial charge in [0.15, 0.2) is 0 Å². The standard InChI is InChI=1S/C10H15N3O2/c1-7(10(14)15)12(2)8-3-5-13-6-4-11-9(8)13/h4,6-8H,3,5H2,1-2H3,(H,14,15). The molecule has 15 heavy (non-hydrogen) atoms. The minimum absolute atomic E-state index is 0.131. The Hall–Kier alpha value is -1.36. The molecule has 5 heteroatoms. The van der Waals surface area contributed by atoms with Crippen molar-refractivity contribution in [1.29, 1.82) is 0 Å². The fourth-order valence-electron chi connectivity index (χ4n) is 2.03. The molecule has 82 valence electrons. The van der Waals surface area contributed by atoms with Gasteiger partial charge in [0, 0.05) is 18.9 Å². The summed E-state index contributed by atoms with van der Waals surface area (Å²) in [6.45, 7) is 2.63.